The van der Waals surface area contributed by atoms with Gasteiger partial charge in [-0.15, -0.1) is 0 Å². The molecule has 4 nitrogen and oxygen atoms in total. The topological polar surface area (TPSA) is 45.2 Å². The summed E-state index contributed by atoms with van der Waals surface area (Å²) in [6.07, 6.45) is 1.69. The Hall–Kier alpha value is -2.72. The minimum Gasteiger partial charge on any atom is -0.350 e. The molecule has 0 fully saturated rings. The maximum Gasteiger partial charge on any atom is 0.252 e. The largest absolute Gasteiger partial charge is 0.350 e. The lowest BCUT2D eigenvalue weighted by molar-refractivity contribution is 0.0936. The highest BCUT2D eigenvalue weighted by Gasteiger charge is 2.19. The van der Waals surface area contributed by atoms with Crippen molar-refractivity contribution in [2.75, 3.05) is 19.6 Å². The number of nitrogens with one attached hydrogen (secondary N) is 1. The number of fused-ring (bicyclic) bond motifs is 1. The number of aromatic nitrogens is 1. The van der Waals surface area contributed by atoms with Crippen molar-refractivity contribution in [3.8, 4) is 0 Å². The second-order valence-corrected chi connectivity index (χ2v) is 6.23. The lowest BCUT2D eigenvalue weighted by atomic mass is 10.0. The minimum absolute atomic E-state index is 0.0586. The van der Waals surface area contributed by atoms with Crippen LogP contribution in [0.3, 0.4) is 0 Å². The Morgan fingerprint density at radius 1 is 1.00 bits per heavy atom. The molecule has 2 aromatic carbocycles. The van der Waals surface area contributed by atoms with Crippen LogP contribution in [0.2, 0.25) is 0 Å². The SMILES string of the molecule is CCN(CC)C(CNC(=O)c1ccnc2ccccc12)c1ccccc1. The molecule has 26 heavy (non-hydrogen) atoms. The Morgan fingerprint density at radius 2 is 1.69 bits per heavy atom. The molecule has 1 heterocycles. The molecule has 1 aromatic heterocycles. The van der Waals surface area contributed by atoms with E-state index in [9.17, 15) is 4.79 Å². The summed E-state index contributed by atoms with van der Waals surface area (Å²) in [5, 5.41) is 4.01. The highest BCUT2D eigenvalue weighted by molar-refractivity contribution is 6.05. The Bertz CT molecular complexity index is 854. The molecule has 0 saturated heterocycles. The maximum atomic E-state index is 12.8. The van der Waals surface area contributed by atoms with E-state index in [-0.39, 0.29) is 11.9 Å². The molecule has 3 rings (SSSR count). The first-order chi connectivity index (χ1) is 12.7. The lowest BCUT2D eigenvalue weighted by Crippen LogP contribution is -2.38. The van der Waals surface area contributed by atoms with E-state index in [0.29, 0.717) is 12.1 Å². The van der Waals surface area contributed by atoms with Gasteiger partial charge in [0.15, 0.2) is 0 Å². The van der Waals surface area contributed by atoms with E-state index >= 15 is 0 Å². The van der Waals surface area contributed by atoms with Gasteiger partial charge >= 0.3 is 0 Å². The number of hydrogen-bond donors (Lipinski definition) is 1. The van der Waals surface area contributed by atoms with Crippen LogP contribution in [0, 0.1) is 0 Å². The van der Waals surface area contributed by atoms with Crippen molar-refractivity contribution in [2.24, 2.45) is 0 Å². The monoisotopic (exact) mass is 347 g/mol. The van der Waals surface area contributed by atoms with E-state index in [4.69, 9.17) is 0 Å². The van der Waals surface area contributed by atoms with E-state index in [1.54, 1.807) is 12.3 Å². The summed E-state index contributed by atoms with van der Waals surface area (Å²) in [4.78, 5) is 19.5. The van der Waals surface area contributed by atoms with E-state index < -0.39 is 0 Å². The quantitative estimate of drug-likeness (QED) is 0.701. The van der Waals surface area contributed by atoms with Crippen molar-refractivity contribution in [1.82, 2.24) is 15.2 Å². The van der Waals surface area contributed by atoms with Crippen molar-refractivity contribution in [3.63, 3.8) is 0 Å². The van der Waals surface area contributed by atoms with Crippen LogP contribution >= 0.6 is 0 Å². The van der Waals surface area contributed by atoms with Crippen LogP contribution in [0.25, 0.3) is 10.9 Å². The summed E-state index contributed by atoms with van der Waals surface area (Å²) in [6.45, 7) is 6.74. The Morgan fingerprint density at radius 3 is 2.42 bits per heavy atom. The smallest absolute Gasteiger partial charge is 0.252 e. The average Bonchev–Trinajstić information content (AvgIpc) is 2.71. The normalized spacial score (nSPS) is 12.3. The van der Waals surface area contributed by atoms with Gasteiger partial charge in [0.05, 0.1) is 17.1 Å². The van der Waals surface area contributed by atoms with Gasteiger partial charge < -0.3 is 5.32 Å². The van der Waals surface area contributed by atoms with Crippen LogP contribution in [0.15, 0.2) is 66.9 Å². The van der Waals surface area contributed by atoms with Crippen LogP contribution < -0.4 is 5.32 Å². The molecule has 0 saturated carbocycles. The van der Waals surface area contributed by atoms with Crippen molar-refractivity contribution in [3.05, 3.63) is 78.0 Å². The summed E-state index contributed by atoms with van der Waals surface area (Å²) in [5.74, 6) is -0.0586. The summed E-state index contributed by atoms with van der Waals surface area (Å²) >= 11 is 0. The Labute approximate surface area is 154 Å². The van der Waals surface area contributed by atoms with Crippen molar-refractivity contribution in [1.29, 1.82) is 0 Å². The third-order valence-corrected chi connectivity index (χ3v) is 4.79. The minimum atomic E-state index is -0.0586. The van der Waals surface area contributed by atoms with E-state index in [1.165, 1.54) is 5.56 Å². The second kappa shape index (κ2) is 8.59. The molecule has 0 aliphatic heterocycles. The van der Waals surface area contributed by atoms with Gasteiger partial charge in [-0.2, -0.15) is 0 Å². The standard InChI is InChI=1S/C22H25N3O/c1-3-25(4-2)21(17-10-6-5-7-11-17)16-24-22(26)19-14-15-23-20-13-9-8-12-18(19)20/h5-15,21H,3-4,16H2,1-2H3,(H,24,26). The summed E-state index contributed by atoms with van der Waals surface area (Å²) < 4.78 is 0. The van der Waals surface area contributed by atoms with Gasteiger partial charge in [0.1, 0.15) is 0 Å². The first kappa shape index (κ1) is 18.1. The molecule has 3 aromatic rings. The van der Waals surface area contributed by atoms with Gasteiger partial charge in [0.25, 0.3) is 5.91 Å². The van der Waals surface area contributed by atoms with Crippen LogP contribution in [-0.4, -0.2) is 35.4 Å². The van der Waals surface area contributed by atoms with E-state index in [0.717, 1.165) is 24.0 Å². The number of hydrogen-bond acceptors (Lipinski definition) is 3. The van der Waals surface area contributed by atoms with Crippen molar-refractivity contribution >= 4 is 16.8 Å². The van der Waals surface area contributed by atoms with Gasteiger partial charge in [-0.05, 0) is 30.8 Å². The molecule has 1 N–H and O–H groups in total. The van der Waals surface area contributed by atoms with Crippen molar-refractivity contribution < 1.29 is 4.79 Å². The number of likely N-dealkylation sites (N-methyl/N-ethyl adjacent to an activating group) is 1. The first-order valence-electron chi connectivity index (χ1n) is 9.15. The van der Waals surface area contributed by atoms with Gasteiger partial charge in [0.2, 0.25) is 0 Å². The van der Waals surface area contributed by atoms with Crippen LogP contribution in [0.1, 0.15) is 35.8 Å². The summed E-state index contributed by atoms with van der Waals surface area (Å²) in [6, 6.07) is 20.0. The molecule has 0 bridgehead atoms. The third-order valence-electron chi connectivity index (χ3n) is 4.79. The number of nitrogens with zero attached hydrogens (tertiary/aromatic N) is 2. The van der Waals surface area contributed by atoms with Crippen LogP contribution in [-0.2, 0) is 0 Å². The molecular weight excluding hydrogens is 322 g/mol. The zero-order valence-corrected chi connectivity index (χ0v) is 15.4. The number of para-hydroxylation sites is 1. The van der Waals surface area contributed by atoms with Gasteiger partial charge in [0, 0.05) is 18.1 Å². The highest BCUT2D eigenvalue weighted by Crippen LogP contribution is 2.20. The van der Waals surface area contributed by atoms with Gasteiger partial charge in [-0.1, -0.05) is 62.4 Å². The first-order valence-corrected chi connectivity index (χ1v) is 9.15. The fraction of sp³-hybridized carbons (Fsp3) is 0.273. The molecule has 0 spiro atoms. The van der Waals surface area contributed by atoms with Crippen LogP contribution in [0.4, 0.5) is 0 Å². The van der Waals surface area contributed by atoms with Gasteiger partial charge in [-0.25, -0.2) is 0 Å². The molecule has 1 atom stereocenters. The van der Waals surface area contributed by atoms with Crippen LogP contribution in [0.5, 0.6) is 0 Å². The predicted molar refractivity (Wildman–Crippen MR) is 106 cm³/mol. The fourth-order valence-corrected chi connectivity index (χ4v) is 3.38. The number of benzene rings is 2. The molecular formula is C22H25N3O. The molecule has 0 radical (unpaired) electrons. The van der Waals surface area contributed by atoms with Gasteiger partial charge in [-0.3, -0.25) is 14.7 Å². The number of amides is 1. The zero-order valence-electron chi connectivity index (χ0n) is 15.4. The summed E-state index contributed by atoms with van der Waals surface area (Å²) in [7, 11) is 0. The zero-order chi connectivity index (χ0) is 18.4. The molecule has 1 unspecified atom stereocenters. The van der Waals surface area contributed by atoms with E-state index in [1.807, 2.05) is 42.5 Å². The molecule has 1 amide bonds. The average molecular weight is 347 g/mol. The Balaban J connectivity index is 1.81. The molecule has 134 valence electrons. The number of carbonyl (C=O) groups excluding carboxylic acids is 1. The lowest BCUT2D eigenvalue weighted by Gasteiger charge is -2.30. The number of rotatable bonds is 7. The second-order valence-electron chi connectivity index (χ2n) is 6.23. The maximum absolute atomic E-state index is 12.8. The fourth-order valence-electron chi connectivity index (χ4n) is 3.38. The number of pyridine rings is 1. The summed E-state index contributed by atoms with van der Waals surface area (Å²) in [5.41, 5.74) is 2.72. The number of carbonyl (C=O) groups is 1. The predicted octanol–water partition coefficient (Wildman–Crippen LogP) is 4.05. The van der Waals surface area contributed by atoms with E-state index in [2.05, 4.69) is 41.2 Å². The highest BCUT2D eigenvalue weighted by atomic mass is 16.1. The molecule has 4 heteroatoms. The molecule has 0 aliphatic carbocycles. The molecule has 0 aliphatic rings. The third kappa shape index (κ3) is 3.92. The van der Waals surface area contributed by atoms with Crippen molar-refractivity contribution in [2.45, 2.75) is 19.9 Å². The Kier molecular flexibility index (Phi) is 5.97.